The van der Waals surface area contributed by atoms with Crippen LogP contribution < -0.4 is 5.73 Å². The van der Waals surface area contributed by atoms with E-state index in [1.54, 1.807) is 7.11 Å². The van der Waals surface area contributed by atoms with Crippen LogP contribution in [0, 0.1) is 5.92 Å². The van der Waals surface area contributed by atoms with E-state index in [-0.39, 0.29) is 6.04 Å². The molecule has 1 saturated carbocycles. The van der Waals surface area contributed by atoms with Gasteiger partial charge in [0, 0.05) is 7.11 Å². The third-order valence-corrected chi connectivity index (χ3v) is 2.90. The SMILES string of the molecule is COC(C)(C)c1nc(C(N)C2CC2)no1. The fourth-order valence-corrected chi connectivity index (χ4v) is 1.37. The molecule has 0 aromatic carbocycles. The molecule has 0 aliphatic heterocycles. The zero-order valence-electron chi connectivity index (χ0n) is 9.36. The maximum Gasteiger partial charge on any atom is 0.258 e. The largest absolute Gasteiger partial charge is 0.369 e. The van der Waals surface area contributed by atoms with Crippen LogP contribution in [-0.2, 0) is 10.3 Å². The molecule has 1 aliphatic carbocycles. The number of rotatable bonds is 4. The van der Waals surface area contributed by atoms with Crippen molar-refractivity contribution in [3.05, 3.63) is 11.7 Å². The summed E-state index contributed by atoms with van der Waals surface area (Å²) in [5.41, 5.74) is 5.43. The second kappa shape index (κ2) is 3.57. The minimum absolute atomic E-state index is 0.0878. The fourth-order valence-electron chi connectivity index (χ4n) is 1.37. The molecular formula is C10H17N3O2. The zero-order chi connectivity index (χ0) is 11.1. The highest BCUT2D eigenvalue weighted by Crippen LogP contribution is 2.38. The molecule has 0 saturated heterocycles. The van der Waals surface area contributed by atoms with Gasteiger partial charge < -0.3 is 15.0 Å². The summed E-state index contributed by atoms with van der Waals surface area (Å²) in [5.74, 6) is 1.61. The van der Waals surface area contributed by atoms with Gasteiger partial charge in [-0.15, -0.1) is 0 Å². The molecule has 2 rings (SSSR count). The second-order valence-electron chi connectivity index (χ2n) is 4.54. The number of nitrogens with two attached hydrogens (primary N) is 1. The first-order valence-corrected chi connectivity index (χ1v) is 5.19. The maximum atomic E-state index is 5.97. The molecule has 5 nitrogen and oxygen atoms in total. The van der Waals surface area contributed by atoms with Gasteiger partial charge in [0.05, 0.1) is 6.04 Å². The Bertz CT molecular complexity index is 344. The summed E-state index contributed by atoms with van der Waals surface area (Å²) in [6.07, 6.45) is 2.33. The average Bonchev–Trinajstić information content (AvgIpc) is 2.93. The van der Waals surface area contributed by atoms with Crippen LogP contribution in [0.1, 0.15) is 44.4 Å². The summed E-state index contributed by atoms with van der Waals surface area (Å²) < 4.78 is 10.4. The maximum absolute atomic E-state index is 5.97. The standard InChI is InChI=1S/C10H17N3O2/c1-10(2,14-3)9-12-8(13-15-9)7(11)6-4-5-6/h6-7H,4-5,11H2,1-3H3. The number of methoxy groups -OCH3 is 1. The van der Waals surface area contributed by atoms with Gasteiger partial charge in [0.1, 0.15) is 5.60 Å². The first-order valence-electron chi connectivity index (χ1n) is 5.19. The predicted molar refractivity (Wildman–Crippen MR) is 54.0 cm³/mol. The summed E-state index contributed by atoms with van der Waals surface area (Å²) >= 11 is 0. The van der Waals surface area contributed by atoms with Crippen molar-refractivity contribution in [2.24, 2.45) is 11.7 Å². The van der Waals surface area contributed by atoms with Gasteiger partial charge in [-0.1, -0.05) is 5.16 Å². The van der Waals surface area contributed by atoms with E-state index in [4.69, 9.17) is 15.0 Å². The van der Waals surface area contributed by atoms with Crippen LogP contribution in [0.25, 0.3) is 0 Å². The lowest BCUT2D eigenvalue weighted by Gasteiger charge is -2.16. The van der Waals surface area contributed by atoms with Crippen molar-refractivity contribution in [3.8, 4) is 0 Å². The van der Waals surface area contributed by atoms with Crippen LogP contribution >= 0.6 is 0 Å². The Morgan fingerprint density at radius 3 is 2.73 bits per heavy atom. The molecule has 0 amide bonds. The monoisotopic (exact) mass is 211 g/mol. The molecule has 84 valence electrons. The summed E-state index contributed by atoms with van der Waals surface area (Å²) in [4.78, 5) is 4.29. The third kappa shape index (κ3) is 2.03. The zero-order valence-corrected chi connectivity index (χ0v) is 9.36. The van der Waals surface area contributed by atoms with Crippen LogP contribution in [0.4, 0.5) is 0 Å². The fraction of sp³-hybridized carbons (Fsp3) is 0.800. The molecule has 1 atom stereocenters. The predicted octanol–water partition coefficient (Wildman–Crippen LogP) is 1.36. The molecule has 0 bridgehead atoms. The van der Waals surface area contributed by atoms with Crippen molar-refractivity contribution >= 4 is 0 Å². The lowest BCUT2D eigenvalue weighted by Crippen LogP contribution is -2.20. The van der Waals surface area contributed by atoms with Crippen LogP contribution in [0.5, 0.6) is 0 Å². The normalized spacial score (nSPS) is 19.2. The van der Waals surface area contributed by atoms with E-state index in [9.17, 15) is 0 Å². The molecular weight excluding hydrogens is 194 g/mol. The molecule has 0 radical (unpaired) electrons. The highest BCUT2D eigenvalue weighted by atomic mass is 16.5. The highest BCUT2D eigenvalue weighted by Gasteiger charge is 2.34. The van der Waals surface area contributed by atoms with Crippen molar-refractivity contribution in [1.82, 2.24) is 10.1 Å². The Morgan fingerprint density at radius 1 is 1.53 bits per heavy atom. The highest BCUT2D eigenvalue weighted by molar-refractivity contribution is 5.02. The Morgan fingerprint density at radius 2 is 2.20 bits per heavy atom. The van der Waals surface area contributed by atoms with Gasteiger partial charge in [0.15, 0.2) is 5.82 Å². The van der Waals surface area contributed by atoms with Crippen LogP contribution in [0.3, 0.4) is 0 Å². The molecule has 1 fully saturated rings. The van der Waals surface area contributed by atoms with Gasteiger partial charge in [-0.25, -0.2) is 0 Å². The lowest BCUT2D eigenvalue weighted by atomic mass is 10.1. The second-order valence-corrected chi connectivity index (χ2v) is 4.54. The first-order chi connectivity index (χ1) is 7.04. The summed E-state index contributed by atoms with van der Waals surface area (Å²) in [7, 11) is 1.62. The quantitative estimate of drug-likeness (QED) is 0.814. The Hall–Kier alpha value is -0.940. The number of nitrogens with zero attached hydrogens (tertiary/aromatic N) is 2. The van der Waals surface area contributed by atoms with E-state index in [1.807, 2.05) is 13.8 Å². The minimum atomic E-state index is -0.547. The van der Waals surface area contributed by atoms with Gasteiger partial charge in [0.25, 0.3) is 5.89 Å². The lowest BCUT2D eigenvalue weighted by molar-refractivity contribution is -0.00786. The molecule has 1 aliphatic rings. The number of hydrogen-bond acceptors (Lipinski definition) is 5. The summed E-state index contributed by atoms with van der Waals surface area (Å²) in [6, 6.07) is -0.0878. The van der Waals surface area contributed by atoms with Gasteiger partial charge in [-0.05, 0) is 32.6 Å². The van der Waals surface area contributed by atoms with E-state index >= 15 is 0 Å². The van der Waals surface area contributed by atoms with Crippen molar-refractivity contribution < 1.29 is 9.26 Å². The smallest absolute Gasteiger partial charge is 0.258 e. The van der Waals surface area contributed by atoms with E-state index < -0.39 is 5.60 Å². The minimum Gasteiger partial charge on any atom is -0.369 e. The van der Waals surface area contributed by atoms with E-state index in [0.29, 0.717) is 17.6 Å². The van der Waals surface area contributed by atoms with E-state index in [0.717, 1.165) is 0 Å². The number of aromatic nitrogens is 2. The number of ether oxygens (including phenoxy) is 1. The van der Waals surface area contributed by atoms with Crippen LogP contribution in [0.2, 0.25) is 0 Å². The number of hydrogen-bond donors (Lipinski definition) is 1. The van der Waals surface area contributed by atoms with Gasteiger partial charge in [-0.3, -0.25) is 0 Å². The Labute approximate surface area is 89.0 Å². The third-order valence-electron chi connectivity index (χ3n) is 2.90. The molecule has 15 heavy (non-hydrogen) atoms. The molecule has 1 heterocycles. The molecule has 2 N–H and O–H groups in total. The van der Waals surface area contributed by atoms with Gasteiger partial charge in [0.2, 0.25) is 0 Å². The molecule has 1 aromatic rings. The topological polar surface area (TPSA) is 74.2 Å². The summed E-state index contributed by atoms with van der Waals surface area (Å²) in [5, 5.41) is 3.90. The molecule has 1 unspecified atom stereocenters. The van der Waals surface area contributed by atoms with E-state index in [1.165, 1.54) is 12.8 Å². The average molecular weight is 211 g/mol. The molecule has 1 aromatic heterocycles. The van der Waals surface area contributed by atoms with Crippen molar-refractivity contribution in [2.45, 2.75) is 38.3 Å². The van der Waals surface area contributed by atoms with Crippen LogP contribution in [0.15, 0.2) is 4.52 Å². The van der Waals surface area contributed by atoms with Crippen molar-refractivity contribution in [2.75, 3.05) is 7.11 Å². The first kappa shape index (κ1) is 10.6. The molecule has 5 heteroatoms. The summed E-state index contributed by atoms with van der Waals surface area (Å²) in [6.45, 7) is 3.76. The van der Waals surface area contributed by atoms with Crippen molar-refractivity contribution in [1.29, 1.82) is 0 Å². The van der Waals surface area contributed by atoms with Gasteiger partial charge in [-0.2, -0.15) is 4.98 Å². The molecule has 0 spiro atoms. The Balaban J connectivity index is 2.16. The van der Waals surface area contributed by atoms with Crippen molar-refractivity contribution in [3.63, 3.8) is 0 Å². The van der Waals surface area contributed by atoms with Gasteiger partial charge >= 0.3 is 0 Å². The van der Waals surface area contributed by atoms with Crippen LogP contribution in [-0.4, -0.2) is 17.3 Å². The Kier molecular flexibility index (Phi) is 2.52. The van der Waals surface area contributed by atoms with E-state index in [2.05, 4.69) is 10.1 Å².